The molecule has 4 amide bonds. The Kier molecular flexibility index (Phi) is 5.95. The summed E-state index contributed by atoms with van der Waals surface area (Å²) in [6.45, 7) is 4.14. The summed E-state index contributed by atoms with van der Waals surface area (Å²) in [6, 6.07) is 7.39. The van der Waals surface area contributed by atoms with Crippen LogP contribution >= 0.6 is 12.4 Å². The second-order valence-corrected chi connectivity index (χ2v) is 7.62. The summed E-state index contributed by atoms with van der Waals surface area (Å²) in [4.78, 5) is 41.7. The van der Waals surface area contributed by atoms with Crippen molar-refractivity contribution in [2.75, 3.05) is 26.2 Å². The third kappa shape index (κ3) is 3.26. The average Bonchev–Trinajstić information content (AvgIpc) is 3.37. The van der Waals surface area contributed by atoms with E-state index in [2.05, 4.69) is 10.6 Å². The van der Waals surface area contributed by atoms with Crippen LogP contribution < -0.4 is 10.6 Å². The highest BCUT2D eigenvalue weighted by molar-refractivity contribution is 6.09. The lowest BCUT2D eigenvalue weighted by Crippen LogP contribution is -2.48. The Hall–Kier alpha value is -2.12. The normalized spacial score (nSPS) is 25.6. The zero-order chi connectivity index (χ0) is 19.0. The summed E-state index contributed by atoms with van der Waals surface area (Å²) < 4.78 is 0. The van der Waals surface area contributed by atoms with Crippen molar-refractivity contribution in [3.63, 3.8) is 0 Å². The van der Waals surface area contributed by atoms with Crippen molar-refractivity contribution in [2.45, 2.75) is 44.2 Å². The fourth-order valence-electron chi connectivity index (χ4n) is 4.62. The lowest BCUT2D eigenvalue weighted by molar-refractivity contribution is -0.140. The topological polar surface area (TPSA) is 81.8 Å². The smallest absolute Gasteiger partial charge is 0.325 e. The van der Waals surface area contributed by atoms with Gasteiger partial charge in [-0.25, -0.2) is 4.79 Å². The van der Waals surface area contributed by atoms with Crippen molar-refractivity contribution in [1.82, 2.24) is 20.4 Å². The Labute approximate surface area is 171 Å². The fraction of sp³-hybridized carbons (Fsp3) is 0.550. The van der Waals surface area contributed by atoms with Crippen LogP contribution in [-0.4, -0.2) is 59.9 Å². The number of carbonyl (C=O) groups is 3. The molecule has 2 fully saturated rings. The van der Waals surface area contributed by atoms with E-state index >= 15 is 0 Å². The van der Waals surface area contributed by atoms with Crippen molar-refractivity contribution in [1.29, 1.82) is 0 Å². The van der Waals surface area contributed by atoms with Crippen molar-refractivity contribution in [3.05, 3.63) is 35.4 Å². The summed E-state index contributed by atoms with van der Waals surface area (Å²) in [5.41, 5.74) is 0.950. The molecule has 2 saturated heterocycles. The van der Waals surface area contributed by atoms with E-state index in [1.807, 2.05) is 36.1 Å². The molecule has 0 radical (unpaired) electrons. The Bertz CT molecular complexity index is 780. The summed E-state index contributed by atoms with van der Waals surface area (Å²) in [7, 11) is 0. The number of fused-ring (bicyclic) bond motifs is 2. The summed E-state index contributed by atoms with van der Waals surface area (Å²) in [5.74, 6) is -0.454. The molecule has 3 aliphatic rings. The summed E-state index contributed by atoms with van der Waals surface area (Å²) >= 11 is 0. The monoisotopic (exact) mass is 406 g/mol. The number of amides is 4. The average molecular weight is 407 g/mol. The number of benzene rings is 1. The molecule has 2 N–H and O–H groups in total. The lowest BCUT2D eigenvalue weighted by atomic mass is 9.92. The zero-order valence-corrected chi connectivity index (χ0v) is 16.9. The predicted octanol–water partition coefficient (Wildman–Crippen LogP) is 1.40. The number of urea groups is 1. The summed E-state index contributed by atoms with van der Waals surface area (Å²) in [6.07, 6.45) is 3.05. The van der Waals surface area contributed by atoms with Gasteiger partial charge in [0.2, 0.25) is 5.91 Å². The zero-order valence-electron chi connectivity index (χ0n) is 16.1. The number of nitrogens with zero attached hydrogens (tertiary/aromatic N) is 2. The molecule has 1 aromatic rings. The van der Waals surface area contributed by atoms with E-state index < -0.39 is 11.6 Å². The van der Waals surface area contributed by atoms with Crippen molar-refractivity contribution in [2.24, 2.45) is 0 Å². The largest absolute Gasteiger partial charge is 0.337 e. The number of nitrogens with one attached hydrogen (secondary N) is 2. The highest BCUT2D eigenvalue weighted by Crippen LogP contribution is 2.41. The first kappa shape index (κ1) is 20.6. The molecule has 2 unspecified atom stereocenters. The van der Waals surface area contributed by atoms with E-state index in [0.717, 1.165) is 48.4 Å². The van der Waals surface area contributed by atoms with E-state index in [9.17, 15) is 14.4 Å². The SMILES string of the molecule is CCCN(C(=O)CN1C(=O)NC2(CCc3ccccc32)C1=O)C1CCNC1.Cl. The molecule has 2 aliphatic heterocycles. The van der Waals surface area contributed by atoms with Gasteiger partial charge in [0.05, 0.1) is 0 Å². The van der Waals surface area contributed by atoms with Crippen LogP contribution in [0.15, 0.2) is 24.3 Å². The molecular formula is C20H27ClN4O3. The molecular weight excluding hydrogens is 380 g/mol. The van der Waals surface area contributed by atoms with Gasteiger partial charge in [-0.05, 0) is 43.4 Å². The van der Waals surface area contributed by atoms with Crippen LogP contribution in [0.1, 0.15) is 37.3 Å². The molecule has 28 heavy (non-hydrogen) atoms. The second kappa shape index (κ2) is 8.09. The van der Waals surface area contributed by atoms with Gasteiger partial charge in [0.15, 0.2) is 0 Å². The molecule has 4 rings (SSSR count). The van der Waals surface area contributed by atoms with Gasteiger partial charge in [0.1, 0.15) is 12.1 Å². The molecule has 2 heterocycles. The van der Waals surface area contributed by atoms with Crippen molar-refractivity contribution < 1.29 is 14.4 Å². The fourth-order valence-corrected chi connectivity index (χ4v) is 4.62. The van der Waals surface area contributed by atoms with E-state index in [1.165, 1.54) is 0 Å². The van der Waals surface area contributed by atoms with Crippen LogP contribution in [0.4, 0.5) is 4.79 Å². The third-order valence-corrected chi connectivity index (χ3v) is 5.98. The van der Waals surface area contributed by atoms with Gasteiger partial charge in [-0.15, -0.1) is 12.4 Å². The minimum absolute atomic E-state index is 0. The van der Waals surface area contributed by atoms with Crippen LogP contribution in [0.25, 0.3) is 0 Å². The second-order valence-electron chi connectivity index (χ2n) is 7.62. The predicted molar refractivity (Wildman–Crippen MR) is 107 cm³/mol. The minimum atomic E-state index is -1.00. The van der Waals surface area contributed by atoms with Gasteiger partial charge in [-0.2, -0.15) is 0 Å². The van der Waals surface area contributed by atoms with Gasteiger partial charge < -0.3 is 15.5 Å². The number of imide groups is 1. The third-order valence-electron chi connectivity index (χ3n) is 5.98. The van der Waals surface area contributed by atoms with E-state index in [4.69, 9.17) is 0 Å². The van der Waals surface area contributed by atoms with E-state index in [-0.39, 0.29) is 36.8 Å². The minimum Gasteiger partial charge on any atom is -0.337 e. The standard InChI is InChI=1S/C20H26N4O3.ClH/c1-2-11-23(15-8-10-21-12-15)17(25)13-24-18(26)20(22-19(24)27)9-7-14-5-3-4-6-16(14)20;/h3-6,15,21H,2,7-13H2,1H3,(H,22,27);1H. The molecule has 2 atom stereocenters. The Morgan fingerprint density at radius 3 is 2.82 bits per heavy atom. The molecule has 152 valence electrons. The van der Waals surface area contributed by atoms with Crippen LogP contribution in [0.3, 0.4) is 0 Å². The quantitative estimate of drug-likeness (QED) is 0.724. The molecule has 8 heteroatoms. The molecule has 0 bridgehead atoms. The van der Waals surface area contributed by atoms with E-state index in [0.29, 0.717) is 13.0 Å². The van der Waals surface area contributed by atoms with Gasteiger partial charge in [0.25, 0.3) is 5.91 Å². The number of aryl methyl sites for hydroxylation is 1. The lowest BCUT2D eigenvalue weighted by Gasteiger charge is -2.29. The van der Waals surface area contributed by atoms with Crippen LogP contribution in [0.5, 0.6) is 0 Å². The number of rotatable bonds is 5. The Morgan fingerprint density at radius 1 is 1.32 bits per heavy atom. The van der Waals surface area contributed by atoms with Crippen molar-refractivity contribution >= 4 is 30.3 Å². The number of carbonyl (C=O) groups excluding carboxylic acids is 3. The molecule has 7 nitrogen and oxygen atoms in total. The molecule has 1 aliphatic carbocycles. The first-order chi connectivity index (χ1) is 13.1. The highest BCUT2D eigenvalue weighted by Gasteiger charge is 2.55. The number of halogens is 1. The maximum atomic E-state index is 13.2. The van der Waals surface area contributed by atoms with Crippen LogP contribution in [0.2, 0.25) is 0 Å². The number of hydrogen-bond donors (Lipinski definition) is 2. The molecule has 1 spiro atoms. The first-order valence-electron chi connectivity index (χ1n) is 9.79. The first-order valence-corrected chi connectivity index (χ1v) is 9.79. The Balaban J connectivity index is 0.00000225. The molecule has 1 aromatic carbocycles. The summed E-state index contributed by atoms with van der Waals surface area (Å²) in [5, 5.41) is 6.16. The van der Waals surface area contributed by atoms with E-state index in [1.54, 1.807) is 0 Å². The number of hydrogen-bond acceptors (Lipinski definition) is 4. The Morgan fingerprint density at radius 2 is 2.11 bits per heavy atom. The van der Waals surface area contributed by atoms with Gasteiger partial charge in [-0.1, -0.05) is 31.2 Å². The maximum Gasteiger partial charge on any atom is 0.325 e. The van der Waals surface area contributed by atoms with Gasteiger partial charge in [-0.3, -0.25) is 14.5 Å². The van der Waals surface area contributed by atoms with Crippen molar-refractivity contribution in [3.8, 4) is 0 Å². The molecule has 0 aromatic heterocycles. The molecule has 0 saturated carbocycles. The van der Waals surface area contributed by atoms with Gasteiger partial charge in [0, 0.05) is 19.1 Å². The van der Waals surface area contributed by atoms with Gasteiger partial charge >= 0.3 is 6.03 Å². The van der Waals surface area contributed by atoms with Crippen LogP contribution in [0, 0.1) is 0 Å². The highest BCUT2D eigenvalue weighted by atomic mass is 35.5. The maximum absolute atomic E-state index is 13.2. The van der Waals surface area contributed by atoms with Crippen LogP contribution in [-0.2, 0) is 21.5 Å².